The Balaban J connectivity index is 3.06. The molecule has 15 heavy (non-hydrogen) atoms. The van der Waals surface area contributed by atoms with Crippen molar-refractivity contribution in [2.45, 2.75) is 12.5 Å². The number of nitriles is 1. The monoisotopic (exact) mass is 245 g/mol. The van der Waals surface area contributed by atoms with Crippen molar-refractivity contribution >= 4 is 33.9 Å². The fourth-order valence-electron chi connectivity index (χ4n) is 1.07. The summed E-state index contributed by atoms with van der Waals surface area (Å²) in [4.78, 5) is 10.9. The van der Waals surface area contributed by atoms with E-state index in [2.05, 4.69) is 0 Å². The van der Waals surface area contributed by atoms with Gasteiger partial charge in [-0.1, -0.05) is 11.6 Å². The first-order chi connectivity index (χ1) is 6.97. The molecule has 0 fully saturated rings. The maximum Gasteiger partial charge on any atom is 0.305 e. The molecular weight excluding hydrogens is 238 g/mol. The van der Waals surface area contributed by atoms with Crippen molar-refractivity contribution in [3.63, 3.8) is 0 Å². The van der Waals surface area contributed by atoms with Gasteiger partial charge in [-0.05, 0) is 0 Å². The maximum absolute atomic E-state index is 10.4. The van der Waals surface area contributed by atoms with E-state index >= 15 is 0 Å². The van der Waals surface area contributed by atoms with E-state index in [4.69, 9.17) is 33.4 Å². The van der Waals surface area contributed by atoms with Crippen molar-refractivity contribution in [3.05, 3.63) is 15.5 Å². The van der Waals surface area contributed by atoms with Gasteiger partial charge in [0.2, 0.25) is 0 Å². The van der Waals surface area contributed by atoms with Gasteiger partial charge >= 0.3 is 5.97 Å². The molecule has 0 aliphatic heterocycles. The van der Waals surface area contributed by atoms with Crippen LogP contribution in [-0.2, 0) is 4.79 Å². The van der Waals surface area contributed by atoms with E-state index in [9.17, 15) is 4.79 Å². The lowest BCUT2D eigenvalue weighted by molar-refractivity contribution is -0.137. The Morgan fingerprint density at radius 1 is 1.73 bits per heavy atom. The molecule has 1 unspecified atom stereocenters. The summed E-state index contributed by atoms with van der Waals surface area (Å²) in [6.07, 6.45) is -0.245. The molecule has 1 aromatic rings. The van der Waals surface area contributed by atoms with Crippen LogP contribution in [0.25, 0.3) is 0 Å². The number of nitrogens with two attached hydrogens (primary N) is 2. The number of rotatable bonds is 3. The zero-order valence-electron chi connectivity index (χ0n) is 7.53. The molecule has 5 N–H and O–H groups in total. The summed E-state index contributed by atoms with van der Waals surface area (Å²) in [6.45, 7) is 0. The second kappa shape index (κ2) is 4.49. The molecular formula is C8H8ClN3O2S. The number of carboxylic acid groups (broad SMARTS) is 1. The van der Waals surface area contributed by atoms with Gasteiger partial charge in [-0.2, -0.15) is 5.26 Å². The third-order valence-electron chi connectivity index (χ3n) is 1.75. The van der Waals surface area contributed by atoms with Crippen LogP contribution in [0.4, 0.5) is 5.00 Å². The highest BCUT2D eigenvalue weighted by Gasteiger charge is 2.21. The molecule has 1 atom stereocenters. The topological polar surface area (TPSA) is 113 Å². The van der Waals surface area contributed by atoms with Crippen LogP contribution in [-0.4, -0.2) is 11.1 Å². The molecule has 0 saturated carbocycles. The lowest BCUT2D eigenvalue weighted by atomic mass is 10.1. The molecule has 0 saturated heterocycles. The van der Waals surface area contributed by atoms with Crippen molar-refractivity contribution in [1.29, 1.82) is 5.26 Å². The van der Waals surface area contributed by atoms with Crippen molar-refractivity contribution in [2.75, 3.05) is 5.73 Å². The van der Waals surface area contributed by atoms with E-state index in [-0.39, 0.29) is 22.0 Å². The highest BCUT2D eigenvalue weighted by molar-refractivity contribution is 7.16. The lowest BCUT2D eigenvalue weighted by Gasteiger charge is -2.05. The molecule has 0 radical (unpaired) electrons. The third-order valence-corrected chi connectivity index (χ3v) is 3.40. The van der Waals surface area contributed by atoms with Gasteiger partial charge in [0, 0.05) is 4.88 Å². The number of hydrogen-bond donors (Lipinski definition) is 3. The Morgan fingerprint density at radius 2 is 2.33 bits per heavy atom. The third kappa shape index (κ3) is 2.39. The molecule has 0 bridgehead atoms. The second-order valence-electron chi connectivity index (χ2n) is 2.84. The predicted molar refractivity (Wildman–Crippen MR) is 57.6 cm³/mol. The quantitative estimate of drug-likeness (QED) is 0.743. The summed E-state index contributed by atoms with van der Waals surface area (Å²) in [7, 11) is 0. The van der Waals surface area contributed by atoms with Gasteiger partial charge in [0.05, 0.1) is 17.5 Å². The van der Waals surface area contributed by atoms with Crippen LogP contribution in [0, 0.1) is 11.3 Å². The number of nitrogen functional groups attached to an aromatic ring is 1. The summed E-state index contributed by atoms with van der Waals surface area (Å²) in [5, 5.41) is 17.7. The average Bonchev–Trinajstić information content (AvgIpc) is 2.40. The smallest absolute Gasteiger partial charge is 0.305 e. The van der Waals surface area contributed by atoms with E-state index < -0.39 is 12.0 Å². The van der Waals surface area contributed by atoms with Crippen LogP contribution in [0.1, 0.15) is 22.9 Å². The van der Waals surface area contributed by atoms with Crippen LogP contribution < -0.4 is 11.5 Å². The Labute approximate surface area is 94.9 Å². The lowest BCUT2D eigenvalue weighted by Crippen LogP contribution is -2.14. The summed E-state index contributed by atoms with van der Waals surface area (Å²) in [5.74, 6) is -1.02. The molecule has 0 aliphatic rings. The largest absolute Gasteiger partial charge is 0.481 e. The first-order valence-corrected chi connectivity index (χ1v) is 5.12. The zero-order chi connectivity index (χ0) is 11.6. The van der Waals surface area contributed by atoms with Gasteiger partial charge in [-0.3, -0.25) is 4.79 Å². The molecule has 1 rings (SSSR count). The maximum atomic E-state index is 10.4. The van der Waals surface area contributed by atoms with E-state index in [1.54, 1.807) is 0 Å². The first-order valence-electron chi connectivity index (χ1n) is 3.92. The minimum Gasteiger partial charge on any atom is -0.481 e. The molecule has 7 heteroatoms. The molecule has 1 heterocycles. The molecule has 0 amide bonds. The zero-order valence-corrected chi connectivity index (χ0v) is 9.10. The number of anilines is 1. The van der Waals surface area contributed by atoms with Crippen LogP contribution in [0.3, 0.4) is 0 Å². The van der Waals surface area contributed by atoms with Gasteiger partial charge < -0.3 is 16.6 Å². The Kier molecular flexibility index (Phi) is 3.52. The van der Waals surface area contributed by atoms with Crippen LogP contribution in [0.15, 0.2) is 0 Å². The highest BCUT2D eigenvalue weighted by Crippen LogP contribution is 2.38. The standard InChI is InChI=1S/C8H8ClN3O2S/c9-6-3(2-10)8(12)15-7(6)4(11)1-5(13)14/h4H,1,11-12H2,(H,13,14). The number of carboxylic acids is 1. The van der Waals surface area contributed by atoms with Gasteiger partial charge in [0.1, 0.15) is 16.6 Å². The van der Waals surface area contributed by atoms with Gasteiger partial charge in [0.15, 0.2) is 0 Å². The number of carbonyl (C=O) groups is 1. The molecule has 80 valence electrons. The number of aliphatic carboxylic acids is 1. The molecule has 5 nitrogen and oxygen atoms in total. The van der Waals surface area contributed by atoms with E-state index in [1.807, 2.05) is 6.07 Å². The summed E-state index contributed by atoms with van der Waals surface area (Å²) in [6, 6.07) is 1.11. The van der Waals surface area contributed by atoms with Crippen molar-refractivity contribution < 1.29 is 9.90 Å². The van der Waals surface area contributed by atoms with Crippen molar-refractivity contribution in [2.24, 2.45) is 5.73 Å². The average molecular weight is 246 g/mol. The number of halogens is 1. The molecule has 0 aliphatic carbocycles. The van der Waals surface area contributed by atoms with Gasteiger partial charge in [-0.25, -0.2) is 0 Å². The van der Waals surface area contributed by atoms with Crippen LogP contribution >= 0.6 is 22.9 Å². The minimum atomic E-state index is -1.02. The highest BCUT2D eigenvalue weighted by atomic mass is 35.5. The Hall–Kier alpha value is -1.29. The first kappa shape index (κ1) is 11.8. The fourth-order valence-corrected chi connectivity index (χ4v) is 2.44. The molecule has 0 spiro atoms. The minimum absolute atomic E-state index is 0.161. The summed E-state index contributed by atoms with van der Waals surface area (Å²) >= 11 is 6.89. The van der Waals surface area contributed by atoms with Crippen molar-refractivity contribution in [3.8, 4) is 6.07 Å². The Morgan fingerprint density at radius 3 is 2.73 bits per heavy atom. The number of nitrogens with zero attached hydrogens (tertiary/aromatic N) is 1. The van der Waals surface area contributed by atoms with Crippen molar-refractivity contribution in [1.82, 2.24) is 0 Å². The summed E-state index contributed by atoms with van der Waals surface area (Å²) in [5.41, 5.74) is 11.3. The SMILES string of the molecule is N#Cc1c(N)sc(C(N)CC(=O)O)c1Cl. The van der Waals surface area contributed by atoms with E-state index in [0.29, 0.717) is 4.88 Å². The van der Waals surface area contributed by atoms with Crippen LogP contribution in [0.2, 0.25) is 5.02 Å². The number of thiophene rings is 1. The summed E-state index contributed by atoms with van der Waals surface area (Å²) < 4.78 is 0. The van der Waals surface area contributed by atoms with E-state index in [0.717, 1.165) is 11.3 Å². The Bertz CT molecular complexity index is 438. The second-order valence-corrected chi connectivity index (χ2v) is 4.30. The van der Waals surface area contributed by atoms with Gasteiger partial charge in [0.25, 0.3) is 0 Å². The molecule has 1 aromatic heterocycles. The predicted octanol–water partition coefficient (Wildman–Crippen LogP) is 1.33. The fraction of sp³-hybridized carbons (Fsp3) is 0.250. The normalized spacial score (nSPS) is 12.1. The molecule has 0 aromatic carbocycles. The van der Waals surface area contributed by atoms with E-state index in [1.165, 1.54) is 0 Å². The number of hydrogen-bond acceptors (Lipinski definition) is 5. The van der Waals surface area contributed by atoms with Gasteiger partial charge in [-0.15, -0.1) is 11.3 Å². The van der Waals surface area contributed by atoms with Crippen LogP contribution in [0.5, 0.6) is 0 Å².